The highest BCUT2D eigenvalue weighted by atomic mass is 16.7. The van der Waals surface area contributed by atoms with Crippen molar-refractivity contribution in [1.82, 2.24) is 0 Å². The highest BCUT2D eigenvalue weighted by molar-refractivity contribution is 5.55. The van der Waals surface area contributed by atoms with E-state index in [0.717, 1.165) is 28.2 Å². The summed E-state index contributed by atoms with van der Waals surface area (Å²) < 4.78 is 10.7. The quantitative estimate of drug-likeness (QED) is 0.769. The van der Waals surface area contributed by atoms with Crippen LogP contribution < -0.4 is 9.47 Å². The van der Waals surface area contributed by atoms with Crippen molar-refractivity contribution in [3.8, 4) is 11.5 Å². The molecule has 1 aliphatic rings. The SMILES string of the molecule is Cc1c(C(C)(C)O)cc2c(c1C)OCO2. The molecule has 0 saturated carbocycles. The first-order valence-corrected chi connectivity index (χ1v) is 5.04. The topological polar surface area (TPSA) is 38.7 Å². The number of hydrogen-bond donors (Lipinski definition) is 1. The maximum Gasteiger partial charge on any atom is 0.231 e. The van der Waals surface area contributed by atoms with Crippen molar-refractivity contribution in [1.29, 1.82) is 0 Å². The summed E-state index contributed by atoms with van der Waals surface area (Å²) in [6.45, 7) is 7.79. The number of hydrogen-bond acceptors (Lipinski definition) is 3. The van der Waals surface area contributed by atoms with E-state index < -0.39 is 5.60 Å². The lowest BCUT2D eigenvalue weighted by atomic mass is 9.90. The second kappa shape index (κ2) is 3.14. The maximum absolute atomic E-state index is 10.0. The largest absolute Gasteiger partial charge is 0.454 e. The highest BCUT2D eigenvalue weighted by Crippen LogP contribution is 2.41. The van der Waals surface area contributed by atoms with E-state index in [1.54, 1.807) is 13.8 Å². The van der Waals surface area contributed by atoms with Crippen LogP contribution in [0.25, 0.3) is 0 Å². The fourth-order valence-electron chi connectivity index (χ4n) is 1.94. The molecule has 1 heterocycles. The summed E-state index contributed by atoms with van der Waals surface area (Å²) in [5, 5.41) is 10.0. The zero-order chi connectivity index (χ0) is 11.2. The van der Waals surface area contributed by atoms with Gasteiger partial charge in [0.25, 0.3) is 0 Å². The molecule has 1 N–H and O–H groups in total. The molecule has 3 heteroatoms. The van der Waals surface area contributed by atoms with Crippen LogP contribution in [0.15, 0.2) is 6.07 Å². The van der Waals surface area contributed by atoms with E-state index in [2.05, 4.69) is 0 Å². The Hall–Kier alpha value is -1.22. The Balaban J connectivity index is 2.64. The summed E-state index contributed by atoms with van der Waals surface area (Å²) in [7, 11) is 0. The van der Waals surface area contributed by atoms with Gasteiger partial charge in [0.05, 0.1) is 5.60 Å². The monoisotopic (exact) mass is 208 g/mol. The van der Waals surface area contributed by atoms with E-state index in [1.807, 2.05) is 19.9 Å². The zero-order valence-corrected chi connectivity index (χ0v) is 9.55. The summed E-state index contributed by atoms with van der Waals surface area (Å²) >= 11 is 0. The van der Waals surface area contributed by atoms with Gasteiger partial charge in [-0.05, 0) is 50.5 Å². The Bertz CT molecular complexity index is 402. The molecule has 0 atom stereocenters. The average Bonchev–Trinajstić information content (AvgIpc) is 2.57. The van der Waals surface area contributed by atoms with E-state index in [-0.39, 0.29) is 6.79 Å². The fourth-order valence-corrected chi connectivity index (χ4v) is 1.94. The molecule has 82 valence electrons. The second-order valence-electron chi connectivity index (χ2n) is 4.47. The summed E-state index contributed by atoms with van der Waals surface area (Å²) in [5.41, 5.74) is 2.15. The first kappa shape index (κ1) is 10.3. The fraction of sp³-hybridized carbons (Fsp3) is 0.500. The minimum absolute atomic E-state index is 0.269. The first-order chi connectivity index (χ1) is 6.91. The van der Waals surface area contributed by atoms with Gasteiger partial charge in [-0.3, -0.25) is 0 Å². The van der Waals surface area contributed by atoms with E-state index in [0.29, 0.717) is 0 Å². The van der Waals surface area contributed by atoms with Gasteiger partial charge in [0.15, 0.2) is 11.5 Å². The van der Waals surface area contributed by atoms with Crippen LogP contribution in [0.1, 0.15) is 30.5 Å². The summed E-state index contributed by atoms with van der Waals surface area (Å²) in [6.07, 6.45) is 0. The molecule has 0 radical (unpaired) electrons. The van der Waals surface area contributed by atoms with Crippen molar-refractivity contribution >= 4 is 0 Å². The molecule has 2 rings (SSSR count). The predicted molar refractivity (Wildman–Crippen MR) is 57.3 cm³/mol. The number of ether oxygens (including phenoxy) is 2. The molecule has 0 saturated heterocycles. The van der Waals surface area contributed by atoms with Crippen molar-refractivity contribution in [3.63, 3.8) is 0 Å². The van der Waals surface area contributed by atoms with Crippen LogP contribution in [-0.2, 0) is 5.60 Å². The maximum atomic E-state index is 10.0. The van der Waals surface area contributed by atoms with Crippen LogP contribution in [0.4, 0.5) is 0 Å². The third-order valence-electron chi connectivity index (χ3n) is 2.88. The second-order valence-corrected chi connectivity index (χ2v) is 4.47. The first-order valence-electron chi connectivity index (χ1n) is 5.04. The number of fused-ring (bicyclic) bond motifs is 1. The molecule has 1 aromatic carbocycles. The number of aliphatic hydroxyl groups is 1. The molecular weight excluding hydrogens is 192 g/mol. The van der Waals surface area contributed by atoms with Crippen LogP contribution in [0, 0.1) is 13.8 Å². The normalized spacial score (nSPS) is 14.5. The van der Waals surface area contributed by atoms with Crippen LogP contribution in [0.2, 0.25) is 0 Å². The van der Waals surface area contributed by atoms with Gasteiger partial charge in [0, 0.05) is 0 Å². The van der Waals surface area contributed by atoms with Crippen LogP contribution in [0.3, 0.4) is 0 Å². The lowest BCUT2D eigenvalue weighted by Gasteiger charge is -2.22. The van der Waals surface area contributed by atoms with Gasteiger partial charge in [-0.2, -0.15) is 0 Å². The Morgan fingerprint density at radius 1 is 1.20 bits per heavy atom. The summed E-state index contributed by atoms with van der Waals surface area (Å²) in [4.78, 5) is 0. The van der Waals surface area contributed by atoms with Crippen molar-refractivity contribution < 1.29 is 14.6 Å². The molecule has 1 aromatic rings. The van der Waals surface area contributed by atoms with Crippen molar-refractivity contribution in [2.45, 2.75) is 33.3 Å². The van der Waals surface area contributed by atoms with Crippen molar-refractivity contribution in [2.24, 2.45) is 0 Å². The van der Waals surface area contributed by atoms with Gasteiger partial charge >= 0.3 is 0 Å². The molecule has 1 aliphatic heterocycles. The average molecular weight is 208 g/mol. The van der Waals surface area contributed by atoms with Gasteiger partial charge in [0.1, 0.15) is 0 Å². The van der Waals surface area contributed by atoms with E-state index in [4.69, 9.17) is 9.47 Å². The minimum atomic E-state index is -0.851. The standard InChI is InChI=1S/C12H16O3/c1-7-8(2)11-10(14-6-15-11)5-9(7)12(3,4)13/h5,13H,6H2,1-4H3. The Labute approximate surface area is 89.6 Å². The molecule has 0 fully saturated rings. The molecule has 0 aliphatic carbocycles. The van der Waals surface area contributed by atoms with Crippen LogP contribution in [0.5, 0.6) is 11.5 Å². The Kier molecular flexibility index (Phi) is 2.15. The van der Waals surface area contributed by atoms with Crippen molar-refractivity contribution in [3.05, 3.63) is 22.8 Å². The van der Waals surface area contributed by atoms with Crippen molar-refractivity contribution in [2.75, 3.05) is 6.79 Å². The molecular formula is C12H16O3. The van der Waals surface area contributed by atoms with Crippen LogP contribution in [-0.4, -0.2) is 11.9 Å². The van der Waals surface area contributed by atoms with E-state index in [1.165, 1.54) is 0 Å². The van der Waals surface area contributed by atoms with E-state index in [9.17, 15) is 5.11 Å². The number of benzene rings is 1. The highest BCUT2D eigenvalue weighted by Gasteiger charge is 2.26. The summed E-state index contributed by atoms with van der Waals surface area (Å²) in [5.74, 6) is 1.54. The smallest absolute Gasteiger partial charge is 0.231 e. The molecule has 0 bridgehead atoms. The van der Waals surface area contributed by atoms with Gasteiger partial charge in [-0.1, -0.05) is 0 Å². The Morgan fingerprint density at radius 2 is 1.87 bits per heavy atom. The molecule has 15 heavy (non-hydrogen) atoms. The van der Waals surface area contributed by atoms with E-state index >= 15 is 0 Å². The van der Waals surface area contributed by atoms with Gasteiger partial charge in [-0.15, -0.1) is 0 Å². The molecule has 3 nitrogen and oxygen atoms in total. The van der Waals surface area contributed by atoms with Gasteiger partial charge < -0.3 is 14.6 Å². The third kappa shape index (κ3) is 1.57. The van der Waals surface area contributed by atoms with Gasteiger partial charge in [-0.25, -0.2) is 0 Å². The molecule has 0 aromatic heterocycles. The third-order valence-corrected chi connectivity index (χ3v) is 2.88. The van der Waals surface area contributed by atoms with Crippen LogP contribution >= 0.6 is 0 Å². The lowest BCUT2D eigenvalue weighted by Crippen LogP contribution is -2.17. The summed E-state index contributed by atoms with van der Waals surface area (Å²) in [6, 6.07) is 1.87. The lowest BCUT2D eigenvalue weighted by molar-refractivity contribution is 0.0776. The van der Waals surface area contributed by atoms with Gasteiger partial charge in [0.2, 0.25) is 6.79 Å². The minimum Gasteiger partial charge on any atom is -0.454 e. The molecule has 0 spiro atoms. The predicted octanol–water partition coefficient (Wildman–Crippen LogP) is 2.26. The molecule has 0 unspecified atom stereocenters. The zero-order valence-electron chi connectivity index (χ0n) is 9.55. The molecule has 0 amide bonds. The Morgan fingerprint density at radius 3 is 2.47 bits per heavy atom. The number of rotatable bonds is 1.